The molecule has 0 spiro atoms. The Morgan fingerprint density at radius 1 is 1.05 bits per heavy atom. The third kappa shape index (κ3) is 17.6. The Balaban J connectivity index is -0.000000239. The number of hydrogen-bond acceptors (Lipinski definition) is 1. The fourth-order valence-corrected chi connectivity index (χ4v) is 1.47. The number of aromatic hydroxyl groups is 1. The number of aryl methyl sites for hydroxylation is 2. The summed E-state index contributed by atoms with van der Waals surface area (Å²) in [6.07, 6.45) is 8.33. The van der Waals surface area contributed by atoms with Crippen molar-refractivity contribution in [3.05, 3.63) is 53.1 Å². The van der Waals surface area contributed by atoms with Gasteiger partial charge in [0.15, 0.2) is 0 Å². The largest absolute Gasteiger partial charge is 0.508 e. The molecule has 0 aromatic heterocycles. The monoisotopic (exact) mass is 363 g/mol. The van der Waals surface area contributed by atoms with Gasteiger partial charge < -0.3 is 5.11 Å². The Morgan fingerprint density at radius 3 is 1.67 bits per heavy atom. The first-order valence-corrected chi connectivity index (χ1v) is 7.12. The van der Waals surface area contributed by atoms with Crippen LogP contribution in [0.25, 0.3) is 0 Å². The maximum Gasteiger partial charge on any atom is 0.116 e. The Labute approximate surface area is 153 Å². The molecule has 0 radical (unpaired) electrons. The van der Waals surface area contributed by atoms with Gasteiger partial charge in [0.05, 0.1) is 0 Å². The summed E-state index contributed by atoms with van der Waals surface area (Å²) in [6, 6.07) is 5.51. The van der Waals surface area contributed by atoms with Gasteiger partial charge in [-0.1, -0.05) is 13.0 Å². The summed E-state index contributed by atoms with van der Waals surface area (Å²) in [7, 11) is 0. The quantitative estimate of drug-likeness (QED) is 0.490. The van der Waals surface area contributed by atoms with Crippen LogP contribution in [0.1, 0.15) is 38.3 Å². The Bertz CT molecular complexity index is 422. The third-order valence-corrected chi connectivity index (χ3v) is 2.07. The van der Waals surface area contributed by atoms with E-state index in [9.17, 15) is 0 Å². The van der Waals surface area contributed by atoms with E-state index in [4.69, 9.17) is 5.11 Å². The summed E-state index contributed by atoms with van der Waals surface area (Å²) in [4.78, 5) is 0. The third-order valence-electron chi connectivity index (χ3n) is 2.07. The number of hydrogen-bond donors (Lipinski definition) is 1. The van der Waals surface area contributed by atoms with Gasteiger partial charge in [0.25, 0.3) is 0 Å². The molecule has 0 fully saturated rings. The topological polar surface area (TPSA) is 20.2 Å². The van der Waals surface area contributed by atoms with Crippen LogP contribution in [0, 0.1) is 19.9 Å². The number of benzene rings is 1. The van der Waals surface area contributed by atoms with Gasteiger partial charge in [0, 0.05) is 0 Å². The van der Waals surface area contributed by atoms with Gasteiger partial charge in [-0.05, 0) is 37.1 Å². The van der Waals surface area contributed by atoms with E-state index >= 15 is 0 Å². The summed E-state index contributed by atoms with van der Waals surface area (Å²) in [6.45, 7) is 10.2. The standard InChI is InChI=1S/C8H10O.C6H7.C3H6.2ClH.Ti/c1-6-3-7(2)5-8(9)4-6;1-6-4-2-3-5-6;1-3-2;;;/h3-5,9H,1-2H3;2,4H,3H2,1H3;1-2H3;2*1H;/q;-1;;;;+1. The SMILES string of the molecule is CC1=[C-]CC=C1.C[C](C)=[Ti+].Cc1cc(C)cc(O)c1.Cl.Cl. The van der Waals surface area contributed by atoms with Gasteiger partial charge in [-0.2, -0.15) is 6.08 Å². The van der Waals surface area contributed by atoms with Crippen molar-refractivity contribution < 1.29 is 25.1 Å². The number of allylic oxidation sites excluding steroid dienone is 4. The van der Waals surface area contributed by atoms with Gasteiger partial charge >= 0.3 is 37.6 Å². The van der Waals surface area contributed by atoms with Gasteiger partial charge in [0.2, 0.25) is 0 Å². The first kappa shape index (κ1) is 25.6. The minimum Gasteiger partial charge on any atom is -0.508 e. The molecule has 0 atom stereocenters. The van der Waals surface area contributed by atoms with Gasteiger partial charge in [-0.25, -0.2) is 11.6 Å². The van der Waals surface area contributed by atoms with Crippen LogP contribution in [0.5, 0.6) is 5.75 Å². The Kier molecular flexibility index (Phi) is 17.8. The summed E-state index contributed by atoms with van der Waals surface area (Å²) in [5.41, 5.74) is 3.48. The zero-order valence-electron chi connectivity index (χ0n) is 13.4. The number of rotatable bonds is 0. The van der Waals surface area contributed by atoms with Crippen molar-refractivity contribution in [2.75, 3.05) is 0 Å². The Morgan fingerprint density at radius 2 is 1.48 bits per heavy atom. The van der Waals surface area contributed by atoms with Gasteiger partial charge in [-0.3, -0.25) is 6.08 Å². The average Bonchev–Trinajstić information content (AvgIpc) is 2.66. The van der Waals surface area contributed by atoms with E-state index in [2.05, 4.69) is 59.0 Å². The summed E-state index contributed by atoms with van der Waals surface area (Å²) >= 11 is 2.08. The van der Waals surface area contributed by atoms with E-state index in [1.165, 1.54) is 9.38 Å². The first-order chi connectivity index (χ1) is 8.81. The van der Waals surface area contributed by atoms with Crippen molar-refractivity contribution in [3.8, 4) is 5.75 Å². The van der Waals surface area contributed by atoms with E-state index < -0.39 is 0 Å². The van der Waals surface area contributed by atoms with Crippen LogP contribution < -0.4 is 0 Å². The molecular formula is C17H25Cl2OTi. The van der Waals surface area contributed by atoms with Gasteiger partial charge in [-0.15, -0.1) is 31.2 Å². The molecule has 1 aliphatic rings. The molecule has 0 bridgehead atoms. The van der Waals surface area contributed by atoms with Crippen LogP contribution >= 0.6 is 24.8 Å². The number of phenolic OH excluding ortho intramolecular Hbond substituents is 1. The van der Waals surface area contributed by atoms with E-state index in [0.29, 0.717) is 5.75 Å². The zero-order chi connectivity index (χ0) is 14.8. The van der Waals surface area contributed by atoms with Crippen molar-refractivity contribution in [2.45, 2.75) is 41.0 Å². The van der Waals surface area contributed by atoms with Crippen molar-refractivity contribution in [1.29, 1.82) is 0 Å². The molecule has 2 rings (SSSR count). The molecule has 0 heterocycles. The molecule has 0 saturated carbocycles. The second-order valence-electron chi connectivity index (χ2n) is 4.81. The molecule has 1 aromatic rings. The molecule has 0 aliphatic heterocycles. The average molecular weight is 364 g/mol. The maximum atomic E-state index is 8.99. The molecular weight excluding hydrogens is 339 g/mol. The van der Waals surface area contributed by atoms with E-state index in [1.54, 1.807) is 12.1 Å². The molecule has 1 aliphatic carbocycles. The fraction of sp³-hybridized carbons (Fsp3) is 0.353. The van der Waals surface area contributed by atoms with Crippen LogP contribution in [0.15, 0.2) is 35.9 Å². The molecule has 1 aromatic carbocycles. The van der Waals surface area contributed by atoms with Crippen LogP contribution in [0.4, 0.5) is 0 Å². The fourth-order valence-electron chi connectivity index (χ4n) is 1.47. The Hall–Kier alpha value is -0.336. The normalized spacial score (nSPS) is 10.7. The van der Waals surface area contributed by atoms with Crippen molar-refractivity contribution >= 4 is 28.6 Å². The molecule has 4 heteroatoms. The molecule has 0 amide bonds. The van der Waals surface area contributed by atoms with Gasteiger partial charge in [0.1, 0.15) is 5.75 Å². The zero-order valence-corrected chi connectivity index (χ0v) is 16.6. The van der Waals surface area contributed by atoms with E-state index in [-0.39, 0.29) is 24.8 Å². The molecule has 1 nitrogen and oxygen atoms in total. The van der Waals surface area contributed by atoms with E-state index in [0.717, 1.165) is 17.5 Å². The summed E-state index contributed by atoms with van der Waals surface area (Å²) < 4.78 is 1.42. The molecule has 1 N–H and O–H groups in total. The first-order valence-electron chi connectivity index (χ1n) is 6.34. The molecule has 21 heavy (non-hydrogen) atoms. The van der Waals surface area contributed by atoms with Crippen LogP contribution in [-0.4, -0.2) is 8.92 Å². The van der Waals surface area contributed by atoms with Crippen LogP contribution in [0.2, 0.25) is 0 Å². The van der Waals surface area contributed by atoms with E-state index in [1.807, 2.05) is 19.9 Å². The minimum atomic E-state index is 0. The number of phenols is 1. The molecule has 0 saturated heterocycles. The smallest absolute Gasteiger partial charge is 0.116 e. The van der Waals surface area contributed by atoms with Crippen LogP contribution in [-0.2, 0) is 20.0 Å². The van der Waals surface area contributed by atoms with Crippen molar-refractivity contribution in [2.24, 2.45) is 0 Å². The molecule has 0 unspecified atom stereocenters. The van der Waals surface area contributed by atoms with Crippen molar-refractivity contribution in [3.63, 3.8) is 0 Å². The number of halogens is 2. The summed E-state index contributed by atoms with van der Waals surface area (Å²) in [5.74, 6) is 0.354. The predicted molar refractivity (Wildman–Crippen MR) is 94.6 cm³/mol. The summed E-state index contributed by atoms with van der Waals surface area (Å²) in [5, 5.41) is 8.99. The molecule has 117 valence electrons. The van der Waals surface area contributed by atoms with Crippen LogP contribution in [0.3, 0.4) is 0 Å². The minimum absolute atomic E-state index is 0. The van der Waals surface area contributed by atoms with Crippen molar-refractivity contribution in [1.82, 2.24) is 0 Å². The second-order valence-corrected chi connectivity index (χ2v) is 6.37. The second kappa shape index (κ2) is 14.6. The predicted octanol–water partition coefficient (Wildman–Crippen LogP) is 5.29. The maximum absolute atomic E-state index is 8.99.